The van der Waals surface area contributed by atoms with Crippen molar-refractivity contribution in [3.8, 4) is 22.4 Å². The highest BCUT2D eigenvalue weighted by atomic mass is 19.1. The van der Waals surface area contributed by atoms with E-state index in [9.17, 15) is 9.18 Å². The van der Waals surface area contributed by atoms with Gasteiger partial charge < -0.3 is 10.3 Å². The largest absolute Gasteiger partial charge is 0.357 e. The van der Waals surface area contributed by atoms with Crippen LogP contribution in [-0.4, -0.2) is 25.7 Å². The molecule has 1 aromatic carbocycles. The monoisotopic (exact) mass is 375 g/mol. The number of hydrogen-bond acceptors (Lipinski definition) is 3. The maximum absolute atomic E-state index is 13.1. The zero-order valence-electron chi connectivity index (χ0n) is 15.2. The Morgan fingerprint density at radius 1 is 1.11 bits per heavy atom. The predicted molar refractivity (Wildman–Crippen MR) is 104 cm³/mol. The lowest BCUT2D eigenvalue weighted by Crippen LogP contribution is -2.23. The maximum Gasteiger partial charge on any atom is 0.267 e. The number of hydrogen-bond donors (Lipinski definition) is 2. The predicted octanol–water partition coefficient (Wildman–Crippen LogP) is 3.55. The Morgan fingerprint density at radius 2 is 1.93 bits per heavy atom. The van der Waals surface area contributed by atoms with Gasteiger partial charge in [0.05, 0.1) is 5.69 Å². The minimum Gasteiger partial charge on any atom is -0.357 e. The topological polar surface area (TPSA) is 75.6 Å². The number of aromatic amines is 1. The lowest BCUT2D eigenvalue weighted by atomic mass is 10.1. The molecular formula is C21H18FN5O. The molecule has 0 bridgehead atoms. The summed E-state index contributed by atoms with van der Waals surface area (Å²) in [7, 11) is 1.87. The standard InChI is InChI=1S/C21H18FN5O/c1-27-20(6-7-26-27)17-8-14(10-23-12-17)11-25-21(28)19-9-16(13-24-19)15-2-4-18(22)5-3-15/h2-10,12-13,24H,11H2,1H3,(H,25,28). The number of amides is 1. The molecule has 28 heavy (non-hydrogen) atoms. The van der Waals surface area contributed by atoms with Crippen molar-refractivity contribution in [3.63, 3.8) is 0 Å². The van der Waals surface area contributed by atoms with E-state index in [0.717, 1.165) is 27.9 Å². The number of nitrogens with one attached hydrogen (secondary N) is 2. The summed E-state index contributed by atoms with van der Waals surface area (Å²) in [5, 5.41) is 7.05. The third-order valence-electron chi connectivity index (χ3n) is 4.47. The summed E-state index contributed by atoms with van der Waals surface area (Å²) < 4.78 is 14.8. The van der Waals surface area contributed by atoms with E-state index in [4.69, 9.17) is 0 Å². The first kappa shape index (κ1) is 17.7. The number of aryl methyl sites for hydroxylation is 1. The molecule has 0 aliphatic heterocycles. The molecule has 0 saturated carbocycles. The molecule has 7 heteroatoms. The highest BCUT2D eigenvalue weighted by Crippen LogP contribution is 2.21. The highest BCUT2D eigenvalue weighted by Gasteiger charge is 2.10. The lowest BCUT2D eigenvalue weighted by molar-refractivity contribution is 0.0946. The van der Waals surface area contributed by atoms with E-state index in [-0.39, 0.29) is 11.7 Å². The lowest BCUT2D eigenvalue weighted by Gasteiger charge is -2.06. The van der Waals surface area contributed by atoms with E-state index in [1.807, 2.05) is 19.2 Å². The Labute approximate surface area is 161 Å². The van der Waals surface area contributed by atoms with Gasteiger partial charge in [0.15, 0.2) is 0 Å². The zero-order valence-corrected chi connectivity index (χ0v) is 15.2. The fourth-order valence-corrected chi connectivity index (χ4v) is 2.99. The van der Waals surface area contributed by atoms with E-state index >= 15 is 0 Å². The van der Waals surface area contributed by atoms with Gasteiger partial charge in [-0.3, -0.25) is 14.5 Å². The van der Waals surface area contributed by atoms with Crippen molar-refractivity contribution in [2.24, 2.45) is 7.05 Å². The number of aromatic nitrogens is 4. The van der Waals surface area contributed by atoms with Gasteiger partial charge in [-0.05, 0) is 47.0 Å². The maximum atomic E-state index is 13.1. The summed E-state index contributed by atoms with van der Waals surface area (Å²) in [6.45, 7) is 0.350. The smallest absolute Gasteiger partial charge is 0.267 e. The molecule has 1 amide bonds. The summed E-state index contributed by atoms with van der Waals surface area (Å²) in [4.78, 5) is 19.7. The van der Waals surface area contributed by atoms with Crippen LogP contribution in [-0.2, 0) is 13.6 Å². The number of carbonyl (C=O) groups excluding carboxylic acids is 1. The van der Waals surface area contributed by atoms with Gasteiger partial charge in [-0.1, -0.05) is 12.1 Å². The molecule has 0 saturated heterocycles. The molecule has 0 aliphatic rings. The van der Waals surface area contributed by atoms with Crippen LogP contribution in [0.25, 0.3) is 22.4 Å². The average Bonchev–Trinajstić information content (AvgIpc) is 3.36. The molecule has 0 atom stereocenters. The van der Waals surface area contributed by atoms with Crippen LogP contribution in [0.15, 0.2) is 67.3 Å². The van der Waals surface area contributed by atoms with Crippen molar-refractivity contribution in [2.45, 2.75) is 6.54 Å². The fourth-order valence-electron chi connectivity index (χ4n) is 2.99. The first-order valence-electron chi connectivity index (χ1n) is 8.75. The number of benzene rings is 1. The molecule has 0 fully saturated rings. The van der Waals surface area contributed by atoms with Crippen LogP contribution in [0.1, 0.15) is 16.1 Å². The van der Waals surface area contributed by atoms with Gasteiger partial charge in [-0.25, -0.2) is 4.39 Å². The number of carbonyl (C=O) groups is 1. The van der Waals surface area contributed by atoms with Gasteiger partial charge in [0, 0.05) is 43.9 Å². The molecule has 2 N–H and O–H groups in total. The normalized spacial score (nSPS) is 10.8. The zero-order chi connectivity index (χ0) is 19.5. The number of H-pyrrole nitrogens is 1. The van der Waals surface area contributed by atoms with E-state index in [1.54, 1.807) is 47.7 Å². The summed E-state index contributed by atoms with van der Waals surface area (Å²) in [6.07, 6.45) is 6.95. The van der Waals surface area contributed by atoms with Crippen molar-refractivity contribution in [1.29, 1.82) is 0 Å². The van der Waals surface area contributed by atoms with Crippen LogP contribution in [0.3, 0.4) is 0 Å². The molecule has 3 heterocycles. The molecule has 6 nitrogen and oxygen atoms in total. The van der Waals surface area contributed by atoms with Crippen molar-refractivity contribution in [1.82, 2.24) is 25.1 Å². The second-order valence-corrected chi connectivity index (χ2v) is 6.41. The van der Waals surface area contributed by atoms with Gasteiger partial charge in [0.25, 0.3) is 5.91 Å². The Hall–Kier alpha value is -3.74. The van der Waals surface area contributed by atoms with Gasteiger partial charge in [0.1, 0.15) is 11.5 Å². The fraction of sp³-hybridized carbons (Fsp3) is 0.0952. The van der Waals surface area contributed by atoms with Crippen LogP contribution >= 0.6 is 0 Å². The second-order valence-electron chi connectivity index (χ2n) is 6.41. The number of pyridine rings is 1. The molecule has 4 rings (SSSR count). The number of nitrogens with zero attached hydrogens (tertiary/aromatic N) is 3. The molecule has 0 aliphatic carbocycles. The molecule has 0 unspecified atom stereocenters. The molecule has 0 radical (unpaired) electrons. The van der Waals surface area contributed by atoms with Crippen LogP contribution in [0.4, 0.5) is 4.39 Å². The first-order valence-corrected chi connectivity index (χ1v) is 8.75. The van der Waals surface area contributed by atoms with E-state index in [0.29, 0.717) is 12.2 Å². The van der Waals surface area contributed by atoms with Crippen LogP contribution in [0.5, 0.6) is 0 Å². The summed E-state index contributed by atoms with van der Waals surface area (Å²) in [5.74, 6) is -0.515. The Morgan fingerprint density at radius 3 is 2.68 bits per heavy atom. The summed E-state index contributed by atoms with van der Waals surface area (Å²) >= 11 is 0. The number of halogens is 1. The van der Waals surface area contributed by atoms with Crippen LogP contribution in [0.2, 0.25) is 0 Å². The SMILES string of the molecule is Cn1nccc1-c1cncc(CNC(=O)c2cc(-c3ccc(F)cc3)c[nH]2)c1. The van der Waals surface area contributed by atoms with Gasteiger partial charge in [-0.15, -0.1) is 0 Å². The third-order valence-corrected chi connectivity index (χ3v) is 4.47. The van der Waals surface area contributed by atoms with Crippen molar-refractivity contribution in [2.75, 3.05) is 0 Å². The molecule has 4 aromatic rings. The van der Waals surface area contributed by atoms with Gasteiger partial charge >= 0.3 is 0 Å². The summed E-state index contributed by atoms with van der Waals surface area (Å²) in [5.41, 5.74) is 4.88. The first-order chi connectivity index (χ1) is 13.6. The van der Waals surface area contributed by atoms with Gasteiger partial charge in [0.2, 0.25) is 0 Å². The summed E-state index contributed by atoms with van der Waals surface area (Å²) in [6, 6.07) is 11.8. The molecule has 0 spiro atoms. The van der Waals surface area contributed by atoms with Crippen molar-refractivity contribution < 1.29 is 9.18 Å². The molecule has 140 valence electrons. The van der Waals surface area contributed by atoms with E-state index in [1.165, 1.54) is 12.1 Å². The van der Waals surface area contributed by atoms with Crippen LogP contribution < -0.4 is 5.32 Å². The number of rotatable bonds is 5. The van der Waals surface area contributed by atoms with Gasteiger partial charge in [-0.2, -0.15) is 5.10 Å². The quantitative estimate of drug-likeness (QED) is 0.560. The Balaban J connectivity index is 1.44. The molecule has 3 aromatic heterocycles. The Bertz CT molecular complexity index is 1110. The third kappa shape index (κ3) is 3.68. The molecular weight excluding hydrogens is 357 g/mol. The van der Waals surface area contributed by atoms with E-state index < -0.39 is 0 Å². The highest BCUT2D eigenvalue weighted by molar-refractivity contribution is 5.93. The Kier molecular flexibility index (Phi) is 4.72. The average molecular weight is 375 g/mol. The minimum atomic E-state index is -0.292. The second kappa shape index (κ2) is 7.48. The van der Waals surface area contributed by atoms with Crippen LogP contribution in [0, 0.1) is 5.82 Å². The minimum absolute atomic E-state index is 0.223. The van der Waals surface area contributed by atoms with E-state index in [2.05, 4.69) is 20.4 Å². The van der Waals surface area contributed by atoms with Crippen molar-refractivity contribution in [3.05, 3.63) is 84.3 Å². The van der Waals surface area contributed by atoms with Crippen molar-refractivity contribution >= 4 is 5.91 Å².